The van der Waals surface area contributed by atoms with E-state index in [2.05, 4.69) is 9.97 Å². The van der Waals surface area contributed by atoms with Crippen molar-refractivity contribution in [3.8, 4) is 0 Å². The van der Waals surface area contributed by atoms with E-state index < -0.39 is 10.8 Å². The fourth-order valence-electron chi connectivity index (χ4n) is 1.70. The number of thiazole rings is 1. The maximum atomic E-state index is 12.1. The Morgan fingerprint density at radius 2 is 2.12 bits per heavy atom. The average molecular weight is 264 g/mol. The maximum Gasteiger partial charge on any atom is 0.216 e. The van der Waals surface area contributed by atoms with Gasteiger partial charge in [-0.15, -0.1) is 0 Å². The van der Waals surface area contributed by atoms with Gasteiger partial charge in [-0.3, -0.25) is 9.00 Å². The van der Waals surface area contributed by atoms with Crippen molar-refractivity contribution in [2.45, 2.75) is 4.34 Å². The van der Waals surface area contributed by atoms with Crippen LogP contribution in [0.1, 0.15) is 0 Å². The van der Waals surface area contributed by atoms with Crippen molar-refractivity contribution >= 4 is 43.4 Å². The van der Waals surface area contributed by atoms with E-state index >= 15 is 0 Å². The Morgan fingerprint density at radius 3 is 2.88 bits per heavy atom. The number of aromatic amines is 1. The van der Waals surface area contributed by atoms with Gasteiger partial charge in [0.1, 0.15) is 10.3 Å². The van der Waals surface area contributed by atoms with Crippen molar-refractivity contribution < 1.29 is 4.21 Å². The quantitative estimate of drug-likeness (QED) is 0.730. The van der Waals surface area contributed by atoms with E-state index in [0.717, 1.165) is 5.52 Å². The van der Waals surface area contributed by atoms with Gasteiger partial charge in [0.25, 0.3) is 0 Å². The molecule has 1 unspecified atom stereocenters. The van der Waals surface area contributed by atoms with E-state index in [0.29, 0.717) is 20.1 Å². The molecule has 0 spiro atoms. The molecule has 0 saturated heterocycles. The van der Waals surface area contributed by atoms with Crippen molar-refractivity contribution in [2.24, 2.45) is 0 Å². The molecule has 0 radical (unpaired) electrons. The predicted octanol–water partition coefficient (Wildman–Crippen LogP) is 1.88. The molecule has 0 saturated carbocycles. The van der Waals surface area contributed by atoms with Crippen LogP contribution in [0.4, 0.5) is 0 Å². The molecule has 1 aromatic carbocycles. The van der Waals surface area contributed by atoms with Crippen LogP contribution < -0.4 is 5.43 Å². The number of H-pyrrole nitrogens is 1. The first-order valence-corrected chi connectivity index (χ1v) is 7.29. The minimum absolute atomic E-state index is 0.109. The fourth-order valence-corrected chi connectivity index (χ4v) is 3.35. The highest BCUT2D eigenvalue weighted by molar-refractivity contribution is 7.86. The van der Waals surface area contributed by atoms with Crippen LogP contribution in [0, 0.1) is 0 Å². The highest BCUT2D eigenvalue weighted by Crippen LogP contribution is 2.22. The van der Waals surface area contributed by atoms with E-state index in [-0.39, 0.29) is 5.43 Å². The van der Waals surface area contributed by atoms with E-state index in [1.165, 1.54) is 11.3 Å². The first-order chi connectivity index (χ1) is 8.16. The molecule has 17 heavy (non-hydrogen) atoms. The van der Waals surface area contributed by atoms with Crippen molar-refractivity contribution in [1.82, 2.24) is 9.97 Å². The monoisotopic (exact) mass is 264 g/mol. The van der Waals surface area contributed by atoms with Crippen molar-refractivity contribution in [1.29, 1.82) is 0 Å². The number of pyridine rings is 1. The van der Waals surface area contributed by atoms with E-state index in [1.54, 1.807) is 12.3 Å². The molecular weight excluding hydrogens is 256 g/mol. The van der Waals surface area contributed by atoms with Gasteiger partial charge in [-0.05, 0) is 12.1 Å². The number of benzene rings is 1. The smallest absolute Gasteiger partial charge is 0.216 e. The Bertz CT molecular complexity index is 804. The predicted molar refractivity (Wildman–Crippen MR) is 70.1 cm³/mol. The molecule has 0 bridgehead atoms. The zero-order chi connectivity index (χ0) is 12.0. The molecule has 0 aliphatic heterocycles. The third-order valence-corrected chi connectivity index (χ3v) is 4.79. The van der Waals surface area contributed by atoms with Crippen molar-refractivity contribution in [3.05, 3.63) is 34.5 Å². The number of fused-ring (bicyclic) bond motifs is 2. The third-order valence-electron chi connectivity index (χ3n) is 2.49. The molecule has 3 aromatic rings. The number of hydrogen-bond donors (Lipinski definition) is 1. The summed E-state index contributed by atoms with van der Waals surface area (Å²) in [5.74, 6) is 0. The Kier molecular flexibility index (Phi) is 2.34. The molecule has 2 heterocycles. The Hall–Kier alpha value is -1.53. The van der Waals surface area contributed by atoms with E-state index in [9.17, 15) is 9.00 Å². The first kappa shape index (κ1) is 10.6. The lowest BCUT2D eigenvalue weighted by molar-refractivity contribution is 0.686. The lowest BCUT2D eigenvalue weighted by Gasteiger charge is -1.95. The zero-order valence-corrected chi connectivity index (χ0v) is 10.5. The maximum absolute atomic E-state index is 12.1. The molecule has 4 nitrogen and oxygen atoms in total. The summed E-state index contributed by atoms with van der Waals surface area (Å²) in [5, 5.41) is 0.610. The Balaban J connectivity index is 2.51. The lowest BCUT2D eigenvalue weighted by Crippen LogP contribution is -2.03. The average Bonchev–Trinajstić information content (AvgIpc) is 2.74. The SMILES string of the molecule is CS(=O)c1nc2c(=O)c3ccccc3[nH]c2s1. The highest BCUT2D eigenvalue weighted by atomic mass is 32.2. The summed E-state index contributed by atoms with van der Waals surface area (Å²) in [6.07, 6.45) is 1.56. The third kappa shape index (κ3) is 1.60. The van der Waals surface area contributed by atoms with Crippen molar-refractivity contribution in [3.63, 3.8) is 0 Å². The van der Waals surface area contributed by atoms with Crippen LogP contribution in [-0.4, -0.2) is 20.4 Å². The number of nitrogens with zero attached hydrogens (tertiary/aromatic N) is 1. The van der Waals surface area contributed by atoms with Crippen LogP contribution in [0.15, 0.2) is 33.4 Å². The summed E-state index contributed by atoms with van der Waals surface area (Å²) in [6, 6.07) is 7.28. The standard InChI is InChI=1S/C11H8N2O2S2/c1-17(15)11-13-8-9(14)6-4-2-3-5-7(6)12-10(8)16-11/h2-5H,1H3,(H,12,14). The highest BCUT2D eigenvalue weighted by Gasteiger charge is 2.12. The van der Waals surface area contributed by atoms with Crippen LogP contribution in [-0.2, 0) is 10.8 Å². The minimum atomic E-state index is -1.16. The summed E-state index contributed by atoms with van der Waals surface area (Å²) in [6.45, 7) is 0. The second-order valence-electron chi connectivity index (χ2n) is 3.61. The summed E-state index contributed by atoms with van der Waals surface area (Å²) >= 11 is 1.27. The van der Waals surface area contributed by atoms with Crippen molar-refractivity contribution in [2.75, 3.05) is 6.26 Å². The first-order valence-electron chi connectivity index (χ1n) is 4.92. The number of rotatable bonds is 1. The summed E-state index contributed by atoms with van der Waals surface area (Å²) < 4.78 is 11.8. The summed E-state index contributed by atoms with van der Waals surface area (Å²) in [5.41, 5.74) is 1.04. The molecule has 6 heteroatoms. The number of hydrogen-bond acceptors (Lipinski definition) is 4. The van der Waals surface area contributed by atoms with Gasteiger partial charge in [-0.25, -0.2) is 4.98 Å². The van der Waals surface area contributed by atoms with Gasteiger partial charge in [0, 0.05) is 11.6 Å². The van der Waals surface area contributed by atoms with Crippen LogP contribution in [0.5, 0.6) is 0 Å². The number of aromatic nitrogens is 2. The summed E-state index contributed by atoms with van der Waals surface area (Å²) in [7, 11) is -1.16. The van der Waals surface area contributed by atoms with E-state index in [4.69, 9.17) is 0 Å². The lowest BCUT2D eigenvalue weighted by atomic mass is 10.2. The normalized spacial score (nSPS) is 13.2. The summed E-state index contributed by atoms with van der Waals surface area (Å²) in [4.78, 5) is 20.1. The van der Waals surface area contributed by atoms with Gasteiger partial charge < -0.3 is 4.98 Å². The Labute approximate surface area is 103 Å². The van der Waals surface area contributed by atoms with Crippen LogP contribution in [0.25, 0.3) is 21.3 Å². The van der Waals surface area contributed by atoms with Gasteiger partial charge in [-0.1, -0.05) is 23.5 Å². The molecule has 0 amide bonds. The molecule has 0 aliphatic carbocycles. The number of nitrogens with one attached hydrogen (secondary N) is 1. The van der Waals surface area contributed by atoms with Crippen LogP contribution in [0.3, 0.4) is 0 Å². The largest absolute Gasteiger partial charge is 0.345 e. The molecule has 1 atom stereocenters. The second-order valence-corrected chi connectivity index (χ2v) is 6.16. The Morgan fingerprint density at radius 1 is 1.35 bits per heavy atom. The fraction of sp³-hybridized carbons (Fsp3) is 0.0909. The van der Waals surface area contributed by atoms with Gasteiger partial charge in [0.05, 0.1) is 16.3 Å². The zero-order valence-electron chi connectivity index (χ0n) is 8.89. The van der Waals surface area contributed by atoms with Gasteiger partial charge in [0.2, 0.25) is 5.43 Å². The van der Waals surface area contributed by atoms with Crippen LogP contribution >= 0.6 is 11.3 Å². The topological polar surface area (TPSA) is 62.8 Å². The molecule has 0 aliphatic rings. The minimum Gasteiger partial charge on any atom is -0.345 e. The molecule has 3 rings (SSSR count). The molecule has 2 aromatic heterocycles. The number of para-hydroxylation sites is 1. The van der Waals surface area contributed by atoms with Gasteiger partial charge >= 0.3 is 0 Å². The molecule has 86 valence electrons. The molecular formula is C11H8N2O2S2. The van der Waals surface area contributed by atoms with Gasteiger partial charge in [0.15, 0.2) is 4.34 Å². The van der Waals surface area contributed by atoms with Crippen LogP contribution in [0.2, 0.25) is 0 Å². The second kappa shape index (κ2) is 3.75. The molecule has 0 fully saturated rings. The molecule has 1 N–H and O–H groups in total. The van der Waals surface area contributed by atoms with Gasteiger partial charge in [-0.2, -0.15) is 0 Å². The van der Waals surface area contributed by atoms with E-state index in [1.807, 2.05) is 18.2 Å².